The highest BCUT2D eigenvalue weighted by Gasteiger charge is 2.20. The molecular weight excluding hydrogens is 318 g/mol. The lowest BCUT2D eigenvalue weighted by atomic mass is 10.1. The summed E-state index contributed by atoms with van der Waals surface area (Å²) in [5.74, 6) is -0.452. The number of sulfonamides is 1. The molecule has 0 bridgehead atoms. The molecule has 0 saturated heterocycles. The van der Waals surface area contributed by atoms with Crippen LogP contribution in [0.25, 0.3) is 0 Å². The van der Waals surface area contributed by atoms with Gasteiger partial charge in [-0.25, -0.2) is 19.0 Å². The van der Waals surface area contributed by atoms with E-state index in [-0.39, 0.29) is 4.90 Å². The highest BCUT2D eigenvalue weighted by Crippen LogP contribution is 2.21. The molecule has 0 saturated carbocycles. The average molecular weight is 333 g/mol. The van der Waals surface area contributed by atoms with Gasteiger partial charge in [0.1, 0.15) is 6.04 Å². The van der Waals surface area contributed by atoms with Gasteiger partial charge in [0.15, 0.2) is 0 Å². The fourth-order valence-corrected chi connectivity index (χ4v) is 2.49. The summed E-state index contributed by atoms with van der Waals surface area (Å²) in [5, 5.41) is 11.4. The van der Waals surface area contributed by atoms with Crippen molar-refractivity contribution in [2.75, 3.05) is 5.32 Å². The number of nitrogens with zero attached hydrogens (tertiary/aromatic N) is 2. The summed E-state index contributed by atoms with van der Waals surface area (Å²) in [6.45, 7) is 3.21. The van der Waals surface area contributed by atoms with Crippen LogP contribution in [-0.4, -0.2) is 26.0 Å². The van der Waals surface area contributed by atoms with Gasteiger partial charge >= 0.3 is 0 Å². The predicted molar refractivity (Wildman–Crippen MR) is 86.1 cm³/mol. The van der Waals surface area contributed by atoms with Crippen LogP contribution in [0.1, 0.15) is 11.6 Å². The van der Waals surface area contributed by atoms with Gasteiger partial charge in [-0.2, -0.15) is 5.10 Å². The van der Waals surface area contributed by atoms with Crippen LogP contribution in [0.15, 0.2) is 58.8 Å². The van der Waals surface area contributed by atoms with Crippen molar-refractivity contribution in [3.8, 4) is 0 Å². The van der Waals surface area contributed by atoms with E-state index in [1.54, 1.807) is 30.6 Å². The number of benzene rings is 1. The minimum atomic E-state index is -3.84. The summed E-state index contributed by atoms with van der Waals surface area (Å²) in [6, 6.07) is 8.37. The van der Waals surface area contributed by atoms with Crippen molar-refractivity contribution >= 4 is 28.3 Å². The minimum Gasteiger partial charge on any atom is -0.370 e. The number of primary sulfonamides is 1. The average Bonchev–Trinajstić information content (AvgIpc) is 2.53. The Balaban J connectivity index is 2.35. The molecule has 1 unspecified atom stereocenters. The number of nitrogens with one attached hydrogen (secondary N) is 2. The number of hydrogen-bond acceptors (Lipinski definition) is 6. The van der Waals surface area contributed by atoms with Gasteiger partial charge in [0, 0.05) is 24.8 Å². The molecule has 9 heteroatoms. The number of carbonyl (C=O) groups is 1. The monoisotopic (exact) mass is 333 g/mol. The molecule has 2 aromatic rings. The van der Waals surface area contributed by atoms with Crippen molar-refractivity contribution in [1.82, 2.24) is 10.4 Å². The zero-order valence-electron chi connectivity index (χ0n) is 12.0. The third-order valence-electron chi connectivity index (χ3n) is 2.96. The zero-order chi connectivity index (χ0) is 16.9. The van der Waals surface area contributed by atoms with E-state index in [9.17, 15) is 13.2 Å². The van der Waals surface area contributed by atoms with Gasteiger partial charge in [-0.1, -0.05) is 6.07 Å². The molecule has 0 fully saturated rings. The van der Waals surface area contributed by atoms with Crippen LogP contribution in [-0.2, 0) is 14.8 Å². The van der Waals surface area contributed by atoms with Gasteiger partial charge in [-0.05, 0) is 35.9 Å². The summed E-state index contributed by atoms with van der Waals surface area (Å²) in [5.41, 5.74) is 3.30. The number of aromatic nitrogens is 1. The van der Waals surface area contributed by atoms with E-state index in [0.29, 0.717) is 11.3 Å². The first-order valence-electron chi connectivity index (χ1n) is 6.46. The van der Waals surface area contributed by atoms with E-state index in [4.69, 9.17) is 5.14 Å². The van der Waals surface area contributed by atoms with Crippen molar-refractivity contribution in [3.05, 3.63) is 54.4 Å². The molecule has 120 valence electrons. The van der Waals surface area contributed by atoms with Crippen LogP contribution < -0.4 is 15.9 Å². The second kappa shape index (κ2) is 6.99. The number of carbonyl (C=O) groups excluding carboxylic acids is 1. The van der Waals surface area contributed by atoms with Gasteiger partial charge in [-0.15, -0.1) is 0 Å². The molecular formula is C14H15N5O3S. The van der Waals surface area contributed by atoms with Crippen LogP contribution in [0, 0.1) is 0 Å². The number of pyridine rings is 1. The Hall–Kier alpha value is -2.78. The van der Waals surface area contributed by atoms with E-state index in [0.717, 1.165) is 0 Å². The van der Waals surface area contributed by atoms with Crippen molar-refractivity contribution in [2.45, 2.75) is 10.9 Å². The first-order chi connectivity index (χ1) is 10.9. The number of hydrogen-bond donors (Lipinski definition) is 3. The second-order valence-electron chi connectivity index (χ2n) is 4.56. The predicted octanol–water partition coefficient (Wildman–Crippen LogP) is 0.614. The standard InChI is InChI=1S/C14H15N5O3S/c1-16-19-14(20)13(10-5-7-17-8-6-10)18-11-3-2-4-12(9-11)23(15,21)22/h2-9,13,18H,1H2,(H,19,20)(H2,15,21,22). The lowest BCUT2D eigenvalue weighted by Gasteiger charge is -2.18. The van der Waals surface area contributed by atoms with Crippen LogP contribution in [0.5, 0.6) is 0 Å². The summed E-state index contributed by atoms with van der Waals surface area (Å²) < 4.78 is 22.8. The van der Waals surface area contributed by atoms with Crippen molar-refractivity contribution in [1.29, 1.82) is 0 Å². The highest BCUT2D eigenvalue weighted by atomic mass is 32.2. The number of nitrogens with two attached hydrogens (primary N) is 1. The Labute approximate surface area is 133 Å². The van der Waals surface area contributed by atoms with Crippen LogP contribution in [0.3, 0.4) is 0 Å². The molecule has 23 heavy (non-hydrogen) atoms. The van der Waals surface area contributed by atoms with Crippen LogP contribution >= 0.6 is 0 Å². The van der Waals surface area contributed by atoms with Crippen molar-refractivity contribution < 1.29 is 13.2 Å². The number of rotatable bonds is 6. The lowest BCUT2D eigenvalue weighted by molar-refractivity contribution is -0.121. The fraction of sp³-hybridized carbons (Fsp3) is 0.0714. The van der Waals surface area contributed by atoms with Gasteiger partial charge in [0.05, 0.1) is 4.90 Å². The molecule has 1 heterocycles. The van der Waals surface area contributed by atoms with Crippen molar-refractivity contribution in [2.24, 2.45) is 10.2 Å². The van der Waals surface area contributed by atoms with E-state index in [1.165, 1.54) is 18.2 Å². The van der Waals surface area contributed by atoms with Gasteiger partial charge in [-0.3, -0.25) is 9.78 Å². The van der Waals surface area contributed by atoms with E-state index in [1.807, 2.05) is 0 Å². The maximum atomic E-state index is 12.2. The van der Waals surface area contributed by atoms with Gasteiger partial charge in [0.2, 0.25) is 10.0 Å². The summed E-state index contributed by atoms with van der Waals surface area (Å²) >= 11 is 0. The zero-order valence-corrected chi connectivity index (χ0v) is 12.8. The maximum absolute atomic E-state index is 12.2. The topological polar surface area (TPSA) is 127 Å². The third kappa shape index (κ3) is 4.34. The normalized spacial score (nSPS) is 12.2. The lowest BCUT2D eigenvalue weighted by Crippen LogP contribution is -2.30. The summed E-state index contributed by atoms with van der Waals surface area (Å²) in [4.78, 5) is 16.0. The van der Waals surface area contributed by atoms with Crippen LogP contribution in [0.4, 0.5) is 5.69 Å². The highest BCUT2D eigenvalue weighted by molar-refractivity contribution is 7.89. The van der Waals surface area contributed by atoms with Gasteiger partial charge in [0.25, 0.3) is 5.91 Å². The molecule has 8 nitrogen and oxygen atoms in total. The van der Waals surface area contributed by atoms with E-state index >= 15 is 0 Å². The van der Waals surface area contributed by atoms with E-state index < -0.39 is 22.0 Å². The quantitative estimate of drug-likeness (QED) is 0.527. The first-order valence-corrected chi connectivity index (χ1v) is 8.01. The Kier molecular flexibility index (Phi) is 5.04. The molecule has 1 aromatic heterocycles. The first kappa shape index (κ1) is 16.6. The number of amides is 1. The molecule has 1 amide bonds. The van der Waals surface area contributed by atoms with Gasteiger partial charge < -0.3 is 5.32 Å². The molecule has 0 radical (unpaired) electrons. The van der Waals surface area contributed by atoms with Crippen molar-refractivity contribution in [3.63, 3.8) is 0 Å². The molecule has 4 N–H and O–H groups in total. The largest absolute Gasteiger partial charge is 0.370 e. The van der Waals surface area contributed by atoms with E-state index in [2.05, 4.69) is 27.5 Å². The smallest absolute Gasteiger partial charge is 0.267 e. The number of hydrazone groups is 1. The van der Waals surface area contributed by atoms with Crippen LogP contribution in [0.2, 0.25) is 0 Å². The SMILES string of the molecule is C=NNC(=O)C(Nc1cccc(S(N)(=O)=O)c1)c1ccncc1. The molecule has 0 aliphatic rings. The summed E-state index contributed by atoms with van der Waals surface area (Å²) in [6.07, 6.45) is 3.08. The molecule has 0 aliphatic heterocycles. The second-order valence-corrected chi connectivity index (χ2v) is 6.13. The maximum Gasteiger partial charge on any atom is 0.267 e. The third-order valence-corrected chi connectivity index (χ3v) is 3.88. The molecule has 0 spiro atoms. The number of anilines is 1. The minimum absolute atomic E-state index is 0.0572. The Bertz CT molecular complexity index is 808. The Morgan fingerprint density at radius 3 is 2.57 bits per heavy atom. The molecule has 1 atom stereocenters. The fourth-order valence-electron chi connectivity index (χ4n) is 1.93. The molecule has 2 rings (SSSR count). The Morgan fingerprint density at radius 2 is 1.96 bits per heavy atom. The summed E-state index contributed by atoms with van der Waals surface area (Å²) in [7, 11) is -3.84. The molecule has 1 aromatic carbocycles. The Morgan fingerprint density at radius 1 is 1.26 bits per heavy atom. The molecule has 0 aliphatic carbocycles.